The molecule has 1 aliphatic rings. The molecule has 2 nitrogen and oxygen atoms in total. The molecule has 1 N–H and O–H groups in total. The normalized spacial score (nSPS) is 21.3. The van der Waals surface area contributed by atoms with Crippen molar-refractivity contribution < 1.29 is 36.2 Å². The van der Waals surface area contributed by atoms with Gasteiger partial charge in [-0.2, -0.15) is 26.3 Å². The molecule has 0 heterocycles. The van der Waals surface area contributed by atoms with Gasteiger partial charge >= 0.3 is 12.4 Å². The predicted molar refractivity (Wildman–Crippen MR) is 68.4 cm³/mol. The molecule has 0 bridgehead atoms. The Labute approximate surface area is 128 Å². The summed E-state index contributed by atoms with van der Waals surface area (Å²) in [6, 6.07) is 0.947. The Kier molecular flexibility index (Phi) is 4.75. The Morgan fingerprint density at radius 2 is 1.48 bits per heavy atom. The van der Waals surface area contributed by atoms with E-state index < -0.39 is 41.1 Å². The van der Waals surface area contributed by atoms with E-state index in [4.69, 9.17) is 0 Å². The summed E-state index contributed by atoms with van der Waals surface area (Å²) in [5, 5.41) is 10.1. The highest BCUT2D eigenvalue weighted by atomic mass is 19.4. The zero-order chi connectivity index (χ0) is 17.4. The van der Waals surface area contributed by atoms with Crippen molar-refractivity contribution in [1.82, 2.24) is 0 Å². The summed E-state index contributed by atoms with van der Waals surface area (Å²) < 4.78 is 76.8. The zero-order valence-corrected chi connectivity index (χ0v) is 11.8. The molecule has 1 aromatic carbocycles. The van der Waals surface area contributed by atoms with Crippen molar-refractivity contribution in [3.63, 3.8) is 0 Å². The van der Waals surface area contributed by atoms with Gasteiger partial charge in [0.25, 0.3) is 0 Å². The van der Waals surface area contributed by atoms with Crippen molar-refractivity contribution in [3.8, 4) is 0 Å². The fraction of sp³-hybridized carbons (Fsp3) is 0.533. The molecule has 23 heavy (non-hydrogen) atoms. The first kappa shape index (κ1) is 17.8. The van der Waals surface area contributed by atoms with Crippen molar-refractivity contribution in [2.45, 2.75) is 44.1 Å². The summed E-state index contributed by atoms with van der Waals surface area (Å²) in [7, 11) is 0. The molecule has 0 radical (unpaired) electrons. The number of carbonyl (C=O) groups excluding carboxylic acids is 1. The standard InChI is InChI=1S/C15H14F6O2/c16-14(17,18)9-5-8(6-10(7-9)15(19,20)21)13(23)11-3-1-2-4-12(11)22/h5-7,11,13,23H,1-4H2. The molecule has 128 valence electrons. The van der Waals surface area contributed by atoms with Crippen LogP contribution in [0.2, 0.25) is 0 Å². The van der Waals surface area contributed by atoms with Crippen LogP contribution in [0.25, 0.3) is 0 Å². The molecule has 1 fully saturated rings. The van der Waals surface area contributed by atoms with Crippen LogP contribution in [-0.2, 0) is 17.1 Å². The Morgan fingerprint density at radius 3 is 1.91 bits per heavy atom. The minimum atomic E-state index is -4.98. The number of aliphatic hydroxyl groups excluding tert-OH is 1. The van der Waals surface area contributed by atoms with Gasteiger partial charge in [0.1, 0.15) is 5.78 Å². The van der Waals surface area contributed by atoms with Crippen LogP contribution in [0.5, 0.6) is 0 Å². The van der Waals surface area contributed by atoms with E-state index in [-0.39, 0.29) is 24.7 Å². The number of hydrogen-bond donors (Lipinski definition) is 1. The second-order valence-electron chi connectivity index (χ2n) is 5.60. The molecule has 0 spiro atoms. The second-order valence-corrected chi connectivity index (χ2v) is 5.60. The summed E-state index contributed by atoms with van der Waals surface area (Å²) in [5.74, 6) is -1.30. The van der Waals surface area contributed by atoms with Gasteiger partial charge in [-0.25, -0.2) is 0 Å². The largest absolute Gasteiger partial charge is 0.416 e. The van der Waals surface area contributed by atoms with Crippen LogP contribution >= 0.6 is 0 Å². The third-order valence-corrected chi connectivity index (χ3v) is 3.93. The quantitative estimate of drug-likeness (QED) is 0.804. The molecule has 2 unspecified atom stereocenters. The maximum absolute atomic E-state index is 12.8. The molecule has 1 saturated carbocycles. The van der Waals surface area contributed by atoms with Gasteiger partial charge in [0.15, 0.2) is 0 Å². The first-order valence-corrected chi connectivity index (χ1v) is 7.00. The highest BCUT2D eigenvalue weighted by Crippen LogP contribution is 2.40. The van der Waals surface area contributed by atoms with E-state index in [9.17, 15) is 36.2 Å². The number of alkyl halides is 6. The van der Waals surface area contributed by atoms with Crippen LogP contribution in [0, 0.1) is 5.92 Å². The average molecular weight is 340 g/mol. The van der Waals surface area contributed by atoms with E-state index in [0.29, 0.717) is 25.0 Å². The number of aliphatic hydroxyl groups is 1. The Morgan fingerprint density at radius 1 is 0.957 bits per heavy atom. The van der Waals surface area contributed by atoms with Gasteiger partial charge in [-0.1, -0.05) is 6.42 Å². The maximum Gasteiger partial charge on any atom is 0.416 e. The lowest BCUT2D eigenvalue weighted by Gasteiger charge is -2.26. The van der Waals surface area contributed by atoms with Gasteiger partial charge in [0.05, 0.1) is 17.2 Å². The zero-order valence-electron chi connectivity index (χ0n) is 11.8. The molecule has 2 atom stereocenters. The van der Waals surface area contributed by atoms with Crippen molar-refractivity contribution >= 4 is 5.78 Å². The van der Waals surface area contributed by atoms with Crippen molar-refractivity contribution in [2.24, 2.45) is 5.92 Å². The predicted octanol–water partition coefficient (Wildman–Crippen LogP) is 4.52. The number of rotatable bonds is 2. The molecule has 0 aromatic heterocycles. The maximum atomic E-state index is 12.8. The molecule has 0 saturated heterocycles. The summed E-state index contributed by atoms with van der Waals surface area (Å²) in [4.78, 5) is 11.8. The first-order valence-electron chi connectivity index (χ1n) is 7.00. The number of halogens is 6. The van der Waals surface area contributed by atoms with Crippen LogP contribution in [0.4, 0.5) is 26.3 Å². The van der Waals surface area contributed by atoms with Gasteiger partial charge in [0, 0.05) is 12.3 Å². The molecule has 1 aliphatic carbocycles. The monoisotopic (exact) mass is 340 g/mol. The molecule has 2 rings (SSSR count). The van der Waals surface area contributed by atoms with Crippen LogP contribution < -0.4 is 0 Å². The van der Waals surface area contributed by atoms with Crippen molar-refractivity contribution in [3.05, 3.63) is 34.9 Å². The van der Waals surface area contributed by atoms with E-state index in [1.54, 1.807) is 0 Å². The van der Waals surface area contributed by atoms with Crippen molar-refractivity contribution in [1.29, 1.82) is 0 Å². The highest BCUT2D eigenvalue weighted by Gasteiger charge is 2.39. The molecule has 0 amide bonds. The molecule has 1 aromatic rings. The Balaban J connectivity index is 2.46. The van der Waals surface area contributed by atoms with E-state index in [1.165, 1.54) is 0 Å². The Hall–Kier alpha value is -1.57. The first-order chi connectivity index (χ1) is 10.5. The second kappa shape index (κ2) is 6.14. The third-order valence-electron chi connectivity index (χ3n) is 3.93. The summed E-state index contributed by atoms with van der Waals surface area (Å²) in [6.45, 7) is 0. The topological polar surface area (TPSA) is 37.3 Å². The minimum Gasteiger partial charge on any atom is -0.388 e. The number of Topliss-reactive ketones (excluding diaryl/α,β-unsaturated/α-hetero) is 1. The molecule has 8 heteroatoms. The smallest absolute Gasteiger partial charge is 0.388 e. The van der Waals surface area contributed by atoms with Gasteiger partial charge in [-0.05, 0) is 36.6 Å². The van der Waals surface area contributed by atoms with Gasteiger partial charge in [0.2, 0.25) is 0 Å². The molecule has 0 aliphatic heterocycles. The average Bonchev–Trinajstić information content (AvgIpc) is 2.45. The summed E-state index contributed by atoms with van der Waals surface area (Å²) in [6.07, 6.45) is -10.0. The highest BCUT2D eigenvalue weighted by molar-refractivity contribution is 5.82. The molecular weight excluding hydrogens is 326 g/mol. The molecular formula is C15H14F6O2. The lowest BCUT2D eigenvalue weighted by molar-refractivity contribution is -0.143. The van der Waals surface area contributed by atoms with Gasteiger partial charge < -0.3 is 5.11 Å². The number of benzene rings is 1. The number of carbonyl (C=O) groups is 1. The number of hydrogen-bond acceptors (Lipinski definition) is 2. The number of ketones is 1. The summed E-state index contributed by atoms with van der Waals surface area (Å²) in [5.41, 5.74) is -3.53. The fourth-order valence-corrected chi connectivity index (χ4v) is 2.73. The van der Waals surface area contributed by atoms with Gasteiger partial charge in [-0.3, -0.25) is 4.79 Å². The van der Waals surface area contributed by atoms with E-state index in [0.717, 1.165) is 0 Å². The van der Waals surface area contributed by atoms with E-state index in [1.807, 2.05) is 0 Å². The van der Waals surface area contributed by atoms with E-state index in [2.05, 4.69) is 0 Å². The lowest BCUT2D eigenvalue weighted by Crippen LogP contribution is -2.26. The Bertz CT molecular complexity index is 558. The van der Waals surface area contributed by atoms with Crippen LogP contribution in [0.3, 0.4) is 0 Å². The van der Waals surface area contributed by atoms with E-state index >= 15 is 0 Å². The lowest BCUT2D eigenvalue weighted by atomic mass is 9.81. The van der Waals surface area contributed by atoms with Crippen LogP contribution in [0.1, 0.15) is 48.5 Å². The SMILES string of the molecule is O=C1CCCCC1C(O)c1cc(C(F)(F)F)cc(C(F)(F)F)c1. The van der Waals surface area contributed by atoms with Crippen molar-refractivity contribution in [2.75, 3.05) is 0 Å². The summed E-state index contributed by atoms with van der Waals surface area (Å²) >= 11 is 0. The third kappa shape index (κ3) is 4.04. The fourth-order valence-electron chi connectivity index (χ4n) is 2.73. The van der Waals surface area contributed by atoms with Gasteiger partial charge in [-0.15, -0.1) is 0 Å². The van der Waals surface area contributed by atoms with Crippen LogP contribution in [0.15, 0.2) is 18.2 Å². The van der Waals surface area contributed by atoms with Crippen LogP contribution in [-0.4, -0.2) is 10.9 Å². The minimum absolute atomic E-state index is 0.00108.